The maximum Gasteiger partial charge on any atom is 0.322 e. The molecule has 0 rings (SSSR count). The number of aliphatic hydroxyl groups excluding tert-OH is 2. The lowest BCUT2D eigenvalue weighted by molar-refractivity contribution is -0.138. The van der Waals surface area contributed by atoms with E-state index in [2.05, 4.69) is 53.2 Å². The molecule has 0 saturated heterocycles. The Hall–Kier alpha value is -5.96. The van der Waals surface area contributed by atoms with E-state index in [1.165, 1.54) is 42.2 Å². The molecule has 12 amide bonds. The van der Waals surface area contributed by atoms with Crippen LogP contribution in [-0.2, 0) is 62.3 Å². The SMILES string of the molecule is CSCC[C@H](NC(=O)[C@H](CCC(N)=O)NC(=O)[C@H](CCC(N)=O)NC(=O)CNC(=O)CNC(=O)[C@@H](NC(=O)[C@H](CCSC)NC(=O)[C@H](CO)NC(=O)[C@H](C)NC(=O)[C@@H](N)CCSC)C(C)O)C(=O)NCC(=O)O. The Kier molecular flexibility index (Phi) is 33.9. The lowest BCUT2D eigenvalue weighted by Crippen LogP contribution is -2.60. The van der Waals surface area contributed by atoms with Gasteiger partial charge in [-0.2, -0.15) is 35.3 Å². The molecule has 19 N–H and O–H groups in total. The van der Waals surface area contributed by atoms with Crippen LogP contribution in [0.15, 0.2) is 0 Å². The molecule has 32 heteroatoms. The number of thioether (sulfide) groups is 3. The second kappa shape index (κ2) is 36.9. The number of carbonyl (C=O) groups is 13. The van der Waals surface area contributed by atoms with Gasteiger partial charge in [0.1, 0.15) is 48.8 Å². The molecule has 0 aromatic rings. The number of carboxylic acid groups (broad SMARTS) is 1. The number of amides is 12. The van der Waals surface area contributed by atoms with E-state index in [9.17, 15) is 72.5 Å². The fourth-order valence-electron chi connectivity index (χ4n) is 5.90. The number of hydrogen-bond acceptors (Lipinski definition) is 19. The lowest BCUT2D eigenvalue weighted by atomic mass is 10.1. The summed E-state index contributed by atoms with van der Waals surface area (Å²) in [6.07, 6.45) is 2.31. The van der Waals surface area contributed by atoms with Gasteiger partial charge in [0, 0.05) is 12.8 Å². The predicted octanol–water partition coefficient (Wildman–Crippen LogP) is -7.68. The summed E-state index contributed by atoms with van der Waals surface area (Å²) >= 11 is 4.08. The maximum absolute atomic E-state index is 13.5. The molecule has 0 aliphatic carbocycles. The molecule has 0 aromatic carbocycles. The zero-order chi connectivity index (χ0) is 55.8. The van der Waals surface area contributed by atoms with Crippen molar-refractivity contribution in [2.75, 3.05) is 62.3 Å². The number of carbonyl (C=O) groups excluding carboxylic acids is 12. The van der Waals surface area contributed by atoms with E-state index in [4.69, 9.17) is 22.3 Å². The average Bonchev–Trinajstić information content (AvgIpc) is 3.33. The van der Waals surface area contributed by atoms with Crippen LogP contribution in [0, 0.1) is 0 Å². The van der Waals surface area contributed by atoms with E-state index < -0.39 is 183 Å². The van der Waals surface area contributed by atoms with Crippen molar-refractivity contribution in [3.63, 3.8) is 0 Å². The monoisotopic (exact) mass is 1100 g/mol. The first kappa shape index (κ1) is 67.0. The van der Waals surface area contributed by atoms with Gasteiger partial charge >= 0.3 is 5.97 Å². The van der Waals surface area contributed by atoms with E-state index in [-0.39, 0.29) is 18.6 Å². The number of carboxylic acids is 1. The molecule has 0 aromatic heterocycles. The van der Waals surface area contributed by atoms with Gasteiger partial charge in [0.15, 0.2) is 0 Å². The highest BCUT2D eigenvalue weighted by molar-refractivity contribution is 7.98. The zero-order valence-electron chi connectivity index (χ0n) is 41.2. The first-order chi connectivity index (χ1) is 34.3. The third-order valence-corrected chi connectivity index (χ3v) is 11.9. The van der Waals surface area contributed by atoms with Crippen LogP contribution in [0.4, 0.5) is 0 Å². The first-order valence-corrected chi connectivity index (χ1v) is 26.7. The lowest BCUT2D eigenvalue weighted by Gasteiger charge is -2.26. The van der Waals surface area contributed by atoms with Gasteiger partial charge in [0.25, 0.3) is 0 Å². The summed E-state index contributed by atoms with van der Waals surface area (Å²) < 4.78 is 0. The summed E-state index contributed by atoms with van der Waals surface area (Å²) in [5, 5.41) is 52.2. The largest absolute Gasteiger partial charge is 0.480 e. The molecule has 29 nitrogen and oxygen atoms in total. The van der Waals surface area contributed by atoms with Crippen molar-refractivity contribution in [2.24, 2.45) is 17.2 Å². The van der Waals surface area contributed by atoms with Crippen LogP contribution in [-0.4, -0.2) is 209 Å². The van der Waals surface area contributed by atoms with Crippen molar-refractivity contribution in [2.45, 2.75) is 113 Å². The van der Waals surface area contributed by atoms with Crippen molar-refractivity contribution in [3.05, 3.63) is 0 Å². The molecule has 0 saturated carbocycles. The van der Waals surface area contributed by atoms with Crippen molar-refractivity contribution in [1.29, 1.82) is 0 Å². The van der Waals surface area contributed by atoms with Crippen LogP contribution in [0.1, 0.15) is 58.8 Å². The smallest absolute Gasteiger partial charge is 0.322 e. The van der Waals surface area contributed by atoms with Crippen LogP contribution in [0.5, 0.6) is 0 Å². The van der Waals surface area contributed by atoms with E-state index in [0.717, 1.165) is 6.92 Å². The number of aliphatic hydroxyl groups is 2. The highest BCUT2D eigenvalue weighted by Crippen LogP contribution is 2.08. The normalized spacial score (nSPS) is 14.5. The van der Waals surface area contributed by atoms with Gasteiger partial charge in [0.2, 0.25) is 70.9 Å². The standard InChI is InChI=1S/C41H71N13O16S3/c1-20(48-35(64)22(42)10-13-71-3)34(63)53-27(19-55)40(69)52-26(12-15-73-5)39(68)54-33(21(2)56)41(70)46-16-30(59)45-17-31(60)49-23(6-8-28(43)57)37(66)50-24(7-9-29(44)58)38(67)51-25(11-14-72-4)36(65)47-18-32(61)62/h20-27,33,55-56H,6-19,42H2,1-5H3,(H2,43,57)(H2,44,58)(H,45,59)(H,46,70)(H,47,65)(H,48,64)(H,49,60)(H,50,66)(H,51,67)(H,52,69)(H,53,63)(H,54,68)(H,61,62)/t20-,21?,22-,23-,24-,25-,26-,27-,33-/m0/s1. The Morgan fingerprint density at radius 2 is 0.877 bits per heavy atom. The molecule has 1 unspecified atom stereocenters. The molecule has 0 fully saturated rings. The minimum Gasteiger partial charge on any atom is -0.480 e. The van der Waals surface area contributed by atoms with Crippen LogP contribution in [0.25, 0.3) is 0 Å². The highest BCUT2D eigenvalue weighted by Gasteiger charge is 2.34. The molecule has 9 atom stereocenters. The van der Waals surface area contributed by atoms with E-state index in [1.54, 1.807) is 12.5 Å². The van der Waals surface area contributed by atoms with Gasteiger partial charge in [-0.05, 0) is 82.0 Å². The predicted molar refractivity (Wildman–Crippen MR) is 268 cm³/mol. The Morgan fingerprint density at radius 3 is 1.34 bits per heavy atom. The third kappa shape index (κ3) is 28.8. The number of primary amides is 2. The van der Waals surface area contributed by atoms with Crippen LogP contribution in [0.3, 0.4) is 0 Å². The molecular formula is C41H71N13O16S3. The zero-order valence-corrected chi connectivity index (χ0v) is 43.7. The summed E-state index contributed by atoms with van der Waals surface area (Å²) in [5.41, 5.74) is 16.4. The van der Waals surface area contributed by atoms with Crippen molar-refractivity contribution in [1.82, 2.24) is 53.2 Å². The summed E-state index contributed by atoms with van der Waals surface area (Å²) in [6.45, 7) is -0.852. The molecule has 0 heterocycles. The average molecular weight is 1100 g/mol. The summed E-state index contributed by atoms with van der Waals surface area (Å²) in [7, 11) is 0. The molecule has 0 spiro atoms. The summed E-state index contributed by atoms with van der Waals surface area (Å²) in [6, 6.07) is -11.1. The number of nitrogens with one attached hydrogen (secondary N) is 10. The summed E-state index contributed by atoms with van der Waals surface area (Å²) in [5.74, 6) is -11.3. The van der Waals surface area contributed by atoms with Crippen LogP contribution in [0.2, 0.25) is 0 Å². The second-order valence-electron chi connectivity index (χ2n) is 16.1. The van der Waals surface area contributed by atoms with Gasteiger partial charge < -0.3 is 85.7 Å². The van der Waals surface area contributed by atoms with Gasteiger partial charge in [0.05, 0.1) is 31.8 Å². The Labute approximate surface area is 434 Å². The fraction of sp³-hybridized carbons (Fsp3) is 0.683. The number of rotatable bonds is 38. The van der Waals surface area contributed by atoms with Crippen LogP contribution >= 0.6 is 35.3 Å². The molecule has 414 valence electrons. The van der Waals surface area contributed by atoms with Gasteiger partial charge in [-0.1, -0.05) is 0 Å². The van der Waals surface area contributed by atoms with Crippen molar-refractivity contribution < 1.29 is 77.6 Å². The topological polar surface area (TPSA) is 481 Å². The molecule has 0 aliphatic rings. The quantitative estimate of drug-likeness (QED) is 0.0273. The van der Waals surface area contributed by atoms with E-state index in [1.807, 2.05) is 6.26 Å². The maximum atomic E-state index is 13.5. The Bertz CT molecular complexity index is 1920. The number of hydrogen-bond donors (Lipinski definition) is 16. The molecule has 0 bridgehead atoms. The summed E-state index contributed by atoms with van der Waals surface area (Å²) in [4.78, 5) is 164. The minimum absolute atomic E-state index is 0.0311. The fourth-order valence-corrected chi connectivity index (χ4v) is 7.33. The van der Waals surface area contributed by atoms with Crippen molar-refractivity contribution in [3.8, 4) is 0 Å². The highest BCUT2D eigenvalue weighted by atomic mass is 32.2. The number of aliphatic carboxylic acids is 1. The Morgan fingerprint density at radius 1 is 0.466 bits per heavy atom. The second-order valence-corrected chi connectivity index (χ2v) is 19.0. The molecule has 0 aliphatic heterocycles. The van der Waals surface area contributed by atoms with Crippen molar-refractivity contribution >= 4 is 112 Å². The minimum atomic E-state index is -1.72. The Balaban J connectivity index is 5.79. The molecule has 73 heavy (non-hydrogen) atoms. The molecular weight excluding hydrogens is 1030 g/mol. The van der Waals surface area contributed by atoms with E-state index in [0.29, 0.717) is 17.9 Å². The number of nitrogens with two attached hydrogens (primary N) is 3. The third-order valence-electron chi connectivity index (χ3n) is 10.0. The van der Waals surface area contributed by atoms with Crippen LogP contribution < -0.4 is 70.4 Å². The van der Waals surface area contributed by atoms with E-state index >= 15 is 0 Å². The van der Waals surface area contributed by atoms with Gasteiger partial charge in [-0.3, -0.25) is 62.3 Å². The molecule has 0 radical (unpaired) electrons. The first-order valence-electron chi connectivity index (χ1n) is 22.5. The van der Waals surface area contributed by atoms with Gasteiger partial charge in [-0.15, -0.1) is 0 Å². The van der Waals surface area contributed by atoms with Gasteiger partial charge in [-0.25, -0.2) is 0 Å².